The molecule has 17 heteroatoms. The average molecular weight is 630 g/mol. The number of aliphatic hydroxyl groups is 2. The summed E-state index contributed by atoms with van der Waals surface area (Å²) in [5.74, 6) is -0.157. The number of amidine groups is 1. The van der Waals surface area contributed by atoms with Crippen molar-refractivity contribution in [2.75, 3.05) is 19.6 Å². The number of aliphatic imine (C=N–C) groups is 1. The molecule has 2 saturated heterocycles. The first-order chi connectivity index (χ1) is 19.5. The van der Waals surface area contributed by atoms with Gasteiger partial charge in [-0.2, -0.15) is 31.3 Å². The topological polar surface area (TPSA) is 136 Å². The number of fused-ring (bicyclic) bond motifs is 1. The Hall–Kier alpha value is -2.86. The molecule has 5 heterocycles. The molecule has 0 bridgehead atoms. The fourth-order valence-corrected chi connectivity index (χ4v) is 7.59. The van der Waals surface area contributed by atoms with Crippen molar-refractivity contribution in [2.24, 2.45) is 4.99 Å². The number of benzene rings is 1. The van der Waals surface area contributed by atoms with E-state index < -0.39 is 46.9 Å². The molecule has 2 fully saturated rings. The van der Waals surface area contributed by atoms with E-state index in [1.165, 1.54) is 29.5 Å². The second-order valence-electron chi connectivity index (χ2n) is 9.76. The fraction of sp³-hybridized carbons (Fsp3) is 0.375. The molecule has 3 aliphatic rings. The number of nitrogens with zero attached hydrogens (tertiary/aromatic N) is 6. The maximum Gasteiger partial charge on any atom is 0.333 e. The third kappa shape index (κ3) is 5.29. The van der Waals surface area contributed by atoms with Gasteiger partial charge in [-0.3, -0.25) is 4.99 Å². The number of aromatic nitrogens is 3. The lowest BCUT2D eigenvalue weighted by molar-refractivity contribution is 0.0564. The minimum atomic E-state index is -4.11. The molecule has 41 heavy (non-hydrogen) atoms. The van der Waals surface area contributed by atoms with E-state index in [4.69, 9.17) is 16.6 Å². The van der Waals surface area contributed by atoms with E-state index in [-0.39, 0.29) is 36.8 Å². The van der Waals surface area contributed by atoms with Crippen LogP contribution in [0.1, 0.15) is 35.3 Å². The fourth-order valence-electron chi connectivity index (χ4n) is 5.25. The number of thiazole rings is 1. The molecule has 4 atom stereocenters. The molecule has 0 saturated carbocycles. The SMILES string of the molecule is O=S(=O)(N[C@H]1CC2=C(c3ccn(C(F)F)n3)[C@H](c3ccc(F)cc3Cl)N=C(c3nccs3)N2C1)N1C[C@@H](O)[C@H](O)C1. The van der Waals surface area contributed by atoms with Crippen LogP contribution in [0, 0.1) is 5.82 Å². The molecule has 3 aromatic rings. The summed E-state index contributed by atoms with van der Waals surface area (Å²) in [4.78, 5) is 11.0. The van der Waals surface area contributed by atoms with Crippen LogP contribution in [0.5, 0.6) is 0 Å². The molecule has 1 aromatic carbocycles. The van der Waals surface area contributed by atoms with Crippen LogP contribution in [0.3, 0.4) is 0 Å². The first-order valence-corrected chi connectivity index (χ1v) is 15.1. The summed E-state index contributed by atoms with van der Waals surface area (Å²) < 4.78 is 71.4. The molecule has 6 rings (SSSR count). The number of hydrogen-bond acceptors (Lipinski definition) is 9. The monoisotopic (exact) mass is 629 g/mol. The number of halogens is 4. The van der Waals surface area contributed by atoms with Crippen molar-refractivity contribution in [3.05, 3.63) is 74.8 Å². The van der Waals surface area contributed by atoms with Gasteiger partial charge in [0.2, 0.25) is 0 Å². The van der Waals surface area contributed by atoms with Gasteiger partial charge in [0.1, 0.15) is 11.9 Å². The first-order valence-electron chi connectivity index (χ1n) is 12.4. The molecule has 0 radical (unpaired) electrons. The number of rotatable bonds is 7. The van der Waals surface area contributed by atoms with Crippen molar-refractivity contribution < 1.29 is 31.8 Å². The summed E-state index contributed by atoms with van der Waals surface area (Å²) in [6, 6.07) is 3.62. The van der Waals surface area contributed by atoms with Crippen LogP contribution in [0.25, 0.3) is 5.57 Å². The van der Waals surface area contributed by atoms with Crippen molar-refractivity contribution >= 4 is 44.6 Å². The van der Waals surface area contributed by atoms with Crippen LogP contribution in [0.2, 0.25) is 5.02 Å². The van der Waals surface area contributed by atoms with Crippen molar-refractivity contribution in [1.82, 2.24) is 28.7 Å². The molecule has 3 aliphatic heterocycles. The van der Waals surface area contributed by atoms with Crippen LogP contribution < -0.4 is 4.72 Å². The highest BCUT2D eigenvalue weighted by Gasteiger charge is 2.44. The Kier molecular flexibility index (Phi) is 7.42. The van der Waals surface area contributed by atoms with E-state index in [1.54, 1.807) is 16.5 Å². The van der Waals surface area contributed by atoms with Gasteiger partial charge in [-0.15, -0.1) is 11.3 Å². The Morgan fingerprint density at radius 3 is 2.54 bits per heavy atom. The van der Waals surface area contributed by atoms with Gasteiger partial charge in [-0.05, 0) is 18.2 Å². The summed E-state index contributed by atoms with van der Waals surface area (Å²) in [6.07, 6.45) is 0.428. The molecule has 2 aromatic heterocycles. The molecular formula is C24H23ClF3N7O4S2. The van der Waals surface area contributed by atoms with Crippen LogP contribution in [0.15, 0.2) is 52.7 Å². The van der Waals surface area contributed by atoms with E-state index >= 15 is 0 Å². The zero-order valence-corrected chi connectivity index (χ0v) is 23.4. The number of hydrogen-bond donors (Lipinski definition) is 3. The Morgan fingerprint density at radius 1 is 1.15 bits per heavy atom. The molecule has 218 valence electrons. The molecule has 0 aliphatic carbocycles. The largest absolute Gasteiger partial charge is 0.389 e. The minimum absolute atomic E-state index is 0.0680. The maximum absolute atomic E-state index is 14.0. The van der Waals surface area contributed by atoms with E-state index in [0.29, 0.717) is 32.4 Å². The molecule has 0 unspecified atom stereocenters. The van der Waals surface area contributed by atoms with Crippen LogP contribution in [-0.2, 0) is 10.2 Å². The van der Waals surface area contributed by atoms with Gasteiger partial charge >= 0.3 is 6.55 Å². The zero-order chi connectivity index (χ0) is 29.1. The maximum atomic E-state index is 14.0. The third-order valence-electron chi connectivity index (χ3n) is 7.11. The summed E-state index contributed by atoms with van der Waals surface area (Å²) in [5, 5.41) is 26.1. The highest BCUT2D eigenvalue weighted by Crippen LogP contribution is 2.46. The Morgan fingerprint density at radius 2 is 1.90 bits per heavy atom. The summed E-state index contributed by atoms with van der Waals surface area (Å²) in [7, 11) is -4.11. The van der Waals surface area contributed by atoms with E-state index in [2.05, 4.69) is 14.8 Å². The zero-order valence-electron chi connectivity index (χ0n) is 21.0. The number of nitrogens with one attached hydrogen (secondary N) is 1. The van der Waals surface area contributed by atoms with Gasteiger partial charge in [0.05, 0.1) is 17.9 Å². The average Bonchev–Trinajstić information content (AvgIpc) is 3.71. The lowest BCUT2D eigenvalue weighted by Gasteiger charge is -2.32. The first kappa shape index (κ1) is 28.3. The highest BCUT2D eigenvalue weighted by atomic mass is 35.5. The summed E-state index contributed by atoms with van der Waals surface area (Å²) >= 11 is 7.76. The lowest BCUT2D eigenvalue weighted by atomic mass is 9.92. The highest BCUT2D eigenvalue weighted by molar-refractivity contribution is 7.87. The van der Waals surface area contributed by atoms with Gasteiger partial charge in [0.15, 0.2) is 10.8 Å². The normalized spacial score (nSPS) is 25.3. The van der Waals surface area contributed by atoms with E-state index in [0.717, 1.165) is 16.6 Å². The summed E-state index contributed by atoms with van der Waals surface area (Å²) in [6.45, 7) is -3.30. The second kappa shape index (κ2) is 10.8. The van der Waals surface area contributed by atoms with Crippen LogP contribution in [0.4, 0.5) is 13.2 Å². The number of aliphatic hydroxyl groups excluding tert-OH is 2. The number of β-amino-alcohol motifs (C(OH)–C–C–N with tert-alkyl or cyclic N) is 2. The van der Waals surface area contributed by atoms with Crippen molar-refractivity contribution in [3.63, 3.8) is 0 Å². The van der Waals surface area contributed by atoms with E-state index in [9.17, 15) is 31.8 Å². The molecule has 3 N–H and O–H groups in total. The smallest absolute Gasteiger partial charge is 0.333 e. The van der Waals surface area contributed by atoms with Gasteiger partial charge < -0.3 is 15.1 Å². The minimum Gasteiger partial charge on any atom is -0.389 e. The third-order valence-corrected chi connectivity index (χ3v) is 9.81. The molecule has 11 nitrogen and oxygen atoms in total. The van der Waals surface area contributed by atoms with Crippen LogP contribution in [-0.4, -0.2) is 86.3 Å². The Bertz CT molecular complexity index is 1620. The Labute approximate surface area is 241 Å². The van der Waals surface area contributed by atoms with Gasteiger partial charge in [0, 0.05) is 71.7 Å². The predicted octanol–water partition coefficient (Wildman–Crippen LogP) is 2.39. The molecular weight excluding hydrogens is 607 g/mol. The van der Waals surface area contributed by atoms with E-state index in [1.807, 2.05) is 0 Å². The van der Waals surface area contributed by atoms with Gasteiger partial charge in [-0.1, -0.05) is 17.7 Å². The van der Waals surface area contributed by atoms with Gasteiger partial charge in [-0.25, -0.2) is 14.1 Å². The molecule has 0 amide bonds. The summed E-state index contributed by atoms with van der Waals surface area (Å²) in [5.41, 5.74) is 1.54. The molecule has 0 spiro atoms. The quantitative estimate of drug-likeness (QED) is 0.365. The van der Waals surface area contributed by atoms with Gasteiger partial charge in [0.25, 0.3) is 10.2 Å². The second-order valence-corrected chi connectivity index (χ2v) is 12.8. The number of alkyl halides is 2. The van der Waals surface area contributed by atoms with Crippen molar-refractivity contribution in [1.29, 1.82) is 0 Å². The van der Waals surface area contributed by atoms with Crippen LogP contribution >= 0.6 is 22.9 Å². The Balaban J connectivity index is 1.46. The standard InChI is InChI=1S/C24H23ClF3N7O4S2/c25-15-7-12(26)1-2-14(15)21-20(16-3-5-35(31-16)24(27)28)17-8-13(9-34(17)22(30-21)23-29-4-6-40-23)32-41(38,39)33-10-18(36)19(37)11-33/h1-7,13,18-19,21,24,32,36-37H,8-11H2/t13-,18+,19+,21-/m0/s1. The lowest BCUT2D eigenvalue weighted by Crippen LogP contribution is -2.46. The van der Waals surface area contributed by atoms with Crippen molar-refractivity contribution in [2.45, 2.75) is 37.3 Å². The predicted molar refractivity (Wildman–Crippen MR) is 144 cm³/mol. The van der Waals surface area contributed by atoms with Crippen molar-refractivity contribution in [3.8, 4) is 0 Å².